The van der Waals surface area contributed by atoms with Gasteiger partial charge in [-0.25, -0.2) is 0 Å². The van der Waals surface area contributed by atoms with Gasteiger partial charge >= 0.3 is 0 Å². The summed E-state index contributed by atoms with van der Waals surface area (Å²) >= 11 is 0. The SMILES string of the molecule is COCO[C@]1(Cc2cc(OC3CCC4(CC3)CC4)ccn2)C(=O)N(COC)[C@H]1CC(C)C. The maximum absolute atomic E-state index is 13.3. The molecule has 32 heavy (non-hydrogen) atoms. The predicted octanol–water partition coefficient (Wildman–Crippen LogP) is 3.95. The Bertz CT molecular complexity index is 786. The van der Waals surface area contributed by atoms with E-state index < -0.39 is 5.60 Å². The van der Waals surface area contributed by atoms with Gasteiger partial charge in [0.15, 0.2) is 5.60 Å². The number of rotatable bonds is 11. The van der Waals surface area contributed by atoms with Crippen molar-refractivity contribution in [2.45, 2.75) is 83.0 Å². The molecule has 3 aliphatic rings. The number of carbonyl (C=O) groups excluding carboxylic acids is 1. The Morgan fingerprint density at radius 1 is 1.16 bits per heavy atom. The summed E-state index contributed by atoms with van der Waals surface area (Å²) in [5.41, 5.74) is 0.457. The standard InChI is InChI=1S/C25H38N2O5/c1-18(2)13-22-25(31-17-30-4,23(28)27(22)16-29-3)15-19-14-21(7-12-26-19)32-20-5-8-24(9-6-20)10-11-24/h7,12,14,18,20,22H,5-6,8-11,13,15-17H2,1-4H3/t22-,25-/m0/s1. The van der Waals surface area contributed by atoms with Crippen molar-refractivity contribution in [1.29, 1.82) is 0 Å². The van der Waals surface area contributed by atoms with Crippen LogP contribution < -0.4 is 4.74 Å². The molecule has 0 bridgehead atoms. The van der Waals surface area contributed by atoms with E-state index in [9.17, 15) is 4.79 Å². The molecular formula is C25H38N2O5. The molecule has 2 aliphatic carbocycles. The molecule has 1 aromatic rings. The third-order valence-electron chi connectivity index (χ3n) is 7.42. The maximum Gasteiger partial charge on any atom is 0.259 e. The first-order chi connectivity index (χ1) is 15.4. The Morgan fingerprint density at radius 3 is 2.53 bits per heavy atom. The van der Waals surface area contributed by atoms with Crippen molar-refractivity contribution in [3.05, 3.63) is 24.0 Å². The molecule has 3 fully saturated rings. The highest BCUT2D eigenvalue weighted by atomic mass is 16.7. The summed E-state index contributed by atoms with van der Waals surface area (Å²) in [6.45, 7) is 4.62. The number of likely N-dealkylation sites (tertiary alicyclic amines) is 1. The lowest BCUT2D eigenvalue weighted by atomic mass is 9.75. The number of β-lactam (4-membered cyclic amide) rings is 1. The van der Waals surface area contributed by atoms with Crippen LogP contribution in [-0.2, 0) is 25.4 Å². The lowest BCUT2D eigenvalue weighted by Gasteiger charge is -2.55. The fourth-order valence-electron chi connectivity index (χ4n) is 5.42. The molecular weight excluding hydrogens is 408 g/mol. The minimum absolute atomic E-state index is 0.0567. The Morgan fingerprint density at radius 2 is 1.91 bits per heavy atom. The summed E-state index contributed by atoms with van der Waals surface area (Å²) in [5.74, 6) is 1.16. The first kappa shape index (κ1) is 23.5. The number of methoxy groups -OCH3 is 2. The van der Waals surface area contributed by atoms with Crippen molar-refractivity contribution in [3.63, 3.8) is 0 Å². The van der Waals surface area contributed by atoms with Gasteiger partial charge in [-0.05, 0) is 62.3 Å². The summed E-state index contributed by atoms with van der Waals surface area (Å²) in [6, 6.07) is 3.79. The van der Waals surface area contributed by atoms with E-state index in [1.54, 1.807) is 25.3 Å². The molecule has 1 aliphatic heterocycles. The van der Waals surface area contributed by atoms with Crippen LogP contribution in [0.5, 0.6) is 5.75 Å². The normalized spacial score (nSPS) is 27.1. The van der Waals surface area contributed by atoms with Gasteiger partial charge in [0.1, 0.15) is 19.3 Å². The zero-order chi connectivity index (χ0) is 22.8. The summed E-state index contributed by atoms with van der Waals surface area (Å²) in [6.07, 6.45) is 10.9. The molecule has 0 unspecified atom stereocenters. The van der Waals surface area contributed by atoms with Crippen LogP contribution in [0.3, 0.4) is 0 Å². The van der Waals surface area contributed by atoms with E-state index >= 15 is 0 Å². The third kappa shape index (κ3) is 4.80. The number of hydrogen-bond donors (Lipinski definition) is 0. The van der Waals surface area contributed by atoms with Crippen LogP contribution in [0.4, 0.5) is 0 Å². The number of aromatic nitrogens is 1. The Labute approximate surface area is 191 Å². The van der Waals surface area contributed by atoms with Crippen LogP contribution in [0.1, 0.15) is 64.5 Å². The van der Waals surface area contributed by atoms with E-state index in [1.165, 1.54) is 25.7 Å². The highest BCUT2D eigenvalue weighted by Gasteiger charge is 2.62. The topological polar surface area (TPSA) is 70.1 Å². The average Bonchev–Trinajstić information content (AvgIpc) is 3.54. The molecule has 0 radical (unpaired) electrons. The molecule has 2 saturated carbocycles. The highest BCUT2D eigenvalue weighted by molar-refractivity contribution is 5.93. The van der Waals surface area contributed by atoms with Gasteiger partial charge < -0.3 is 23.8 Å². The van der Waals surface area contributed by atoms with Crippen LogP contribution in [0.25, 0.3) is 0 Å². The zero-order valence-electron chi connectivity index (χ0n) is 20.0. The highest BCUT2D eigenvalue weighted by Crippen LogP contribution is 2.56. The second-order valence-electron chi connectivity index (χ2n) is 10.3. The molecule has 4 rings (SSSR count). The Hall–Kier alpha value is -1.70. The zero-order valence-corrected chi connectivity index (χ0v) is 20.0. The van der Waals surface area contributed by atoms with E-state index in [4.69, 9.17) is 18.9 Å². The summed E-state index contributed by atoms with van der Waals surface area (Å²) in [4.78, 5) is 19.6. The van der Waals surface area contributed by atoms with Gasteiger partial charge in [0.2, 0.25) is 0 Å². The number of hydrogen-bond acceptors (Lipinski definition) is 6. The maximum atomic E-state index is 13.3. The number of carbonyl (C=O) groups is 1. The second-order valence-corrected chi connectivity index (χ2v) is 10.3. The fourth-order valence-corrected chi connectivity index (χ4v) is 5.42. The molecule has 1 aromatic heterocycles. The molecule has 2 atom stereocenters. The van der Waals surface area contributed by atoms with E-state index in [2.05, 4.69) is 18.8 Å². The summed E-state index contributed by atoms with van der Waals surface area (Å²) in [7, 11) is 3.18. The van der Waals surface area contributed by atoms with E-state index in [0.29, 0.717) is 17.8 Å². The molecule has 7 heteroatoms. The first-order valence-corrected chi connectivity index (χ1v) is 12.0. The van der Waals surface area contributed by atoms with Gasteiger partial charge in [-0.1, -0.05) is 13.8 Å². The molecule has 2 heterocycles. The minimum atomic E-state index is -0.992. The van der Waals surface area contributed by atoms with Crippen LogP contribution in [0, 0.1) is 11.3 Å². The molecule has 178 valence electrons. The average molecular weight is 447 g/mol. The first-order valence-electron chi connectivity index (χ1n) is 12.0. The van der Waals surface area contributed by atoms with Crippen LogP contribution in [0.2, 0.25) is 0 Å². The Kier molecular flexibility index (Phi) is 7.08. The van der Waals surface area contributed by atoms with Crippen molar-refractivity contribution < 1.29 is 23.7 Å². The molecule has 1 amide bonds. The molecule has 7 nitrogen and oxygen atoms in total. The number of ether oxygens (including phenoxy) is 4. The smallest absolute Gasteiger partial charge is 0.259 e. The van der Waals surface area contributed by atoms with E-state index in [1.807, 2.05) is 12.1 Å². The quantitative estimate of drug-likeness (QED) is 0.379. The molecule has 1 spiro atoms. The van der Waals surface area contributed by atoms with Gasteiger partial charge in [-0.15, -0.1) is 0 Å². The van der Waals surface area contributed by atoms with Crippen molar-refractivity contribution in [1.82, 2.24) is 9.88 Å². The lowest BCUT2D eigenvalue weighted by Crippen LogP contribution is -2.76. The molecule has 1 saturated heterocycles. The lowest BCUT2D eigenvalue weighted by molar-refractivity contribution is -0.235. The monoisotopic (exact) mass is 446 g/mol. The van der Waals surface area contributed by atoms with E-state index in [-0.39, 0.29) is 31.6 Å². The molecule has 0 N–H and O–H groups in total. The van der Waals surface area contributed by atoms with Gasteiger partial charge in [0.25, 0.3) is 5.91 Å². The summed E-state index contributed by atoms with van der Waals surface area (Å²) < 4.78 is 22.9. The third-order valence-corrected chi connectivity index (χ3v) is 7.42. The summed E-state index contributed by atoms with van der Waals surface area (Å²) in [5, 5.41) is 0. The van der Waals surface area contributed by atoms with Gasteiger partial charge in [-0.2, -0.15) is 0 Å². The van der Waals surface area contributed by atoms with Crippen LogP contribution in [0.15, 0.2) is 18.3 Å². The molecule has 0 aromatic carbocycles. The van der Waals surface area contributed by atoms with Gasteiger partial charge in [0, 0.05) is 38.6 Å². The number of nitrogens with zero attached hydrogens (tertiary/aromatic N) is 2. The van der Waals surface area contributed by atoms with Gasteiger partial charge in [0.05, 0.1) is 12.1 Å². The Balaban J connectivity index is 1.48. The van der Waals surface area contributed by atoms with Crippen LogP contribution >= 0.6 is 0 Å². The van der Waals surface area contributed by atoms with Crippen molar-refractivity contribution in [2.75, 3.05) is 27.7 Å². The number of pyridine rings is 1. The van der Waals surface area contributed by atoms with Crippen LogP contribution in [-0.4, -0.2) is 61.3 Å². The largest absolute Gasteiger partial charge is 0.490 e. The van der Waals surface area contributed by atoms with Crippen molar-refractivity contribution in [3.8, 4) is 5.75 Å². The predicted molar refractivity (Wildman–Crippen MR) is 120 cm³/mol. The number of amides is 1. The fraction of sp³-hybridized carbons (Fsp3) is 0.760. The van der Waals surface area contributed by atoms with E-state index in [0.717, 1.165) is 30.7 Å². The minimum Gasteiger partial charge on any atom is -0.490 e. The van der Waals surface area contributed by atoms with Crippen molar-refractivity contribution >= 4 is 5.91 Å². The van der Waals surface area contributed by atoms with Gasteiger partial charge in [-0.3, -0.25) is 9.78 Å². The second kappa shape index (κ2) is 9.65. The van der Waals surface area contributed by atoms with Crippen molar-refractivity contribution in [2.24, 2.45) is 11.3 Å².